The quantitative estimate of drug-likeness (QED) is 0.745. The highest BCUT2D eigenvalue weighted by molar-refractivity contribution is 5.82. The van der Waals surface area contributed by atoms with Crippen LogP contribution in [-0.2, 0) is 25.5 Å². The summed E-state index contributed by atoms with van der Waals surface area (Å²) >= 11 is 0. The molecule has 0 aromatic carbocycles. The molecule has 152 valence electrons. The van der Waals surface area contributed by atoms with Crippen molar-refractivity contribution in [3.8, 4) is 0 Å². The lowest BCUT2D eigenvalue weighted by Gasteiger charge is -2.67. The van der Waals surface area contributed by atoms with E-state index in [0.29, 0.717) is 19.3 Å². The number of esters is 2. The summed E-state index contributed by atoms with van der Waals surface area (Å²) in [5.74, 6) is -0.235. The summed E-state index contributed by atoms with van der Waals surface area (Å²) in [7, 11) is 0. The highest BCUT2D eigenvalue weighted by Gasteiger charge is 2.74. The third-order valence-corrected chi connectivity index (χ3v) is 8.61. The van der Waals surface area contributed by atoms with E-state index >= 15 is 0 Å². The molecule has 0 amide bonds. The Morgan fingerprint density at radius 1 is 1.32 bits per heavy atom. The Labute approximate surface area is 164 Å². The van der Waals surface area contributed by atoms with Crippen molar-refractivity contribution >= 4 is 11.9 Å². The molecule has 1 aliphatic heterocycles. The molecule has 2 heterocycles. The molecule has 0 bridgehead atoms. The van der Waals surface area contributed by atoms with Crippen molar-refractivity contribution < 1.29 is 28.6 Å². The van der Waals surface area contributed by atoms with Crippen LogP contribution in [0.1, 0.15) is 64.2 Å². The molecule has 2 saturated carbocycles. The molecule has 6 heteroatoms. The molecule has 3 aliphatic carbocycles. The Bertz CT molecular complexity index is 855. The van der Waals surface area contributed by atoms with Gasteiger partial charge in [0.25, 0.3) is 0 Å². The second-order valence-electron chi connectivity index (χ2n) is 10.0. The van der Waals surface area contributed by atoms with Crippen LogP contribution in [0.2, 0.25) is 0 Å². The van der Waals surface area contributed by atoms with E-state index in [1.165, 1.54) is 6.92 Å². The molecular formula is C22H28O6. The van der Waals surface area contributed by atoms with Gasteiger partial charge in [-0.05, 0) is 30.2 Å². The summed E-state index contributed by atoms with van der Waals surface area (Å²) in [6, 6.07) is 1.87. The molecule has 6 nitrogen and oxygen atoms in total. The molecule has 1 aromatic rings. The Morgan fingerprint density at radius 2 is 2.07 bits per heavy atom. The molecule has 7 atom stereocenters. The van der Waals surface area contributed by atoms with E-state index in [2.05, 4.69) is 20.8 Å². The normalized spacial score (nSPS) is 45.5. The SMILES string of the molecule is CC(=O)O[C@@H]1CCC(C)(C)[C@]2(O)C[C@@H]3OC(=O)[C@H]4c5ccoc5C[C@@H]([C@@H]34)[C@@]12C. The zero-order valence-electron chi connectivity index (χ0n) is 16.9. The molecule has 0 unspecified atom stereocenters. The number of rotatable bonds is 1. The van der Waals surface area contributed by atoms with Gasteiger partial charge in [-0.25, -0.2) is 0 Å². The summed E-state index contributed by atoms with van der Waals surface area (Å²) in [6.07, 6.45) is 3.34. The van der Waals surface area contributed by atoms with Gasteiger partial charge in [0.05, 0.1) is 17.8 Å². The second-order valence-corrected chi connectivity index (χ2v) is 10.0. The van der Waals surface area contributed by atoms with E-state index in [0.717, 1.165) is 17.7 Å². The van der Waals surface area contributed by atoms with Gasteiger partial charge in [-0.3, -0.25) is 9.59 Å². The summed E-state index contributed by atoms with van der Waals surface area (Å²) in [5, 5.41) is 12.2. The molecule has 1 saturated heterocycles. The number of hydrogen-bond donors (Lipinski definition) is 1. The van der Waals surface area contributed by atoms with Crippen LogP contribution < -0.4 is 0 Å². The van der Waals surface area contributed by atoms with Gasteiger partial charge in [0.2, 0.25) is 0 Å². The Hall–Kier alpha value is -1.82. The van der Waals surface area contributed by atoms with Crippen LogP contribution in [0.25, 0.3) is 0 Å². The van der Waals surface area contributed by atoms with Gasteiger partial charge in [0.1, 0.15) is 18.0 Å². The molecule has 1 aromatic heterocycles. The fraction of sp³-hybridized carbons (Fsp3) is 0.727. The minimum atomic E-state index is -1.12. The first-order valence-electron chi connectivity index (χ1n) is 10.3. The fourth-order valence-corrected chi connectivity index (χ4v) is 7.13. The van der Waals surface area contributed by atoms with Crippen LogP contribution in [-0.4, -0.2) is 34.9 Å². The Morgan fingerprint density at radius 3 is 2.79 bits per heavy atom. The number of fused-ring (bicyclic) bond motifs is 4. The van der Waals surface area contributed by atoms with Crippen molar-refractivity contribution in [1.82, 2.24) is 0 Å². The van der Waals surface area contributed by atoms with Crippen LogP contribution in [0.3, 0.4) is 0 Å². The number of hydrogen-bond acceptors (Lipinski definition) is 6. The lowest BCUT2D eigenvalue weighted by Crippen LogP contribution is -2.73. The molecule has 0 spiro atoms. The predicted octanol–water partition coefficient (Wildman–Crippen LogP) is 2.97. The van der Waals surface area contributed by atoms with E-state index in [4.69, 9.17) is 13.9 Å². The van der Waals surface area contributed by atoms with E-state index < -0.39 is 22.5 Å². The largest absolute Gasteiger partial charge is 0.469 e. The molecular weight excluding hydrogens is 360 g/mol. The molecule has 0 radical (unpaired) electrons. The standard InChI is InChI=1S/C22H28O6/c1-11(23)27-16-5-7-20(2,3)22(25)10-15-18-13(21(16,22)4)9-14-12(6-8-26-14)17(18)19(24)28-15/h6,8,13,15-18,25H,5,7,9-10H2,1-4H3/t13-,15-,16+,17-,18-,21-,22+/m0/s1. The number of carbonyl (C=O) groups excluding carboxylic acids is 2. The smallest absolute Gasteiger partial charge is 0.314 e. The first-order chi connectivity index (χ1) is 13.1. The minimum Gasteiger partial charge on any atom is -0.469 e. The van der Waals surface area contributed by atoms with Crippen molar-refractivity contribution in [3.05, 3.63) is 23.7 Å². The van der Waals surface area contributed by atoms with Gasteiger partial charge < -0.3 is 19.0 Å². The fourth-order valence-electron chi connectivity index (χ4n) is 7.13. The molecule has 5 rings (SSSR count). The molecule has 3 fully saturated rings. The van der Waals surface area contributed by atoms with E-state index in [9.17, 15) is 14.7 Å². The van der Waals surface area contributed by atoms with Gasteiger partial charge in [0.15, 0.2) is 0 Å². The zero-order valence-corrected chi connectivity index (χ0v) is 16.9. The highest BCUT2D eigenvalue weighted by atomic mass is 16.6. The van der Waals surface area contributed by atoms with E-state index in [-0.39, 0.29) is 35.8 Å². The first-order valence-corrected chi connectivity index (χ1v) is 10.3. The summed E-state index contributed by atoms with van der Waals surface area (Å²) in [4.78, 5) is 24.7. The first kappa shape index (κ1) is 18.2. The Kier molecular flexibility index (Phi) is 3.52. The van der Waals surface area contributed by atoms with Crippen molar-refractivity contribution in [2.24, 2.45) is 22.7 Å². The van der Waals surface area contributed by atoms with Crippen molar-refractivity contribution in [2.75, 3.05) is 0 Å². The number of carbonyl (C=O) groups is 2. The number of aliphatic hydroxyl groups is 1. The maximum absolute atomic E-state index is 12.8. The molecule has 28 heavy (non-hydrogen) atoms. The summed E-state index contributed by atoms with van der Waals surface area (Å²) < 4.78 is 17.4. The summed E-state index contributed by atoms with van der Waals surface area (Å²) in [6.45, 7) is 7.62. The number of ether oxygens (including phenoxy) is 2. The average Bonchev–Trinajstić information content (AvgIpc) is 3.19. The van der Waals surface area contributed by atoms with Gasteiger partial charge in [-0.2, -0.15) is 0 Å². The minimum absolute atomic E-state index is 0.0326. The van der Waals surface area contributed by atoms with E-state index in [1.54, 1.807) is 6.26 Å². The monoisotopic (exact) mass is 388 g/mol. The third-order valence-electron chi connectivity index (χ3n) is 8.61. The lowest BCUT2D eigenvalue weighted by molar-refractivity contribution is -0.289. The van der Waals surface area contributed by atoms with Crippen LogP contribution in [0.5, 0.6) is 0 Å². The third kappa shape index (κ3) is 1.97. The van der Waals surface area contributed by atoms with Crippen LogP contribution in [0.15, 0.2) is 16.7 Å². The summed E-state index contributed by atoms with van der Waals surface area (Å²) in [5.41, 5.74) is -1.29. The van der Waals surface area contributed by atoms with Gasteiger partial charge in [0, 0.05) is 36.7 Å². The molecule has 1 N–H and O–H groups in total. The Balaban J connectivity index is 1.70. The highest BCUT2D eigenvalue weighted by Crippen LogP contribution is 2.69. The second kappa shape index (κ2) is 5.41. The predicted molar refractivity (Wildman–Crippen MR) is 98.3 cm³/mol. The molecule has 4 aliphatic rings. The van der Waals surface area contributed by atoms with Crippen LogP contribution >= 0.6 is 0 Å². The van der Waals surface area contributed by atoms with Crippen LogP contribution in [0, 0.1) is 22.7 Å². The number of furan rings is 1. The van der Waals surface area contributed by atoms with Crippen molar-refractivity contribution in [2.45, 2.75) is 77.1 Å². The topological polar surface area (TPSA) is 86.0 Å². The van der Waals surface area contributed by atoms with E-state index in [1.807, 2.05) is 6.07 Å². The van der Waals surface area contributed by atoms with Gasteiger partial charge in [-0.15, -0.1) is 0 Å². The van der Waals surface area contributed by atoms with Gasteiger partial charge in [-0.1, -0.05) is 20.8 Å². The van der Waals surface area contributed by atoms with Crippen molar-refractivity contribution in [1.29, 1.82) is 0 Å². The maximum atomic E-state index is 12.8. The lowest BCUT2D eigenvalue weighted by atomic mass is 9.40. The maximum Gasteiger partial charge on any atom is 0.314 e. The van der Waals surface area contributed by atoms with Crippen LogP contribution in [0.4, 0.5) is 0 Å². The zero-order chi connectivity index (χ0) is 20.1. The van der Waals surface area contributed by atoms with Gasteiger partial charge >= 0.3 is 11.9 Å². The average molecular weight is 388 g/mol. The van der Waals surface area contributed by atoms with Crippen molar-refractivity contribution in [3.63, 3.8) is 0 Å².